The normalized spacial score (nSPS) is 20.0. The van der Waals surface area contributed by atoms with Crippen molar-refractivity contribution in [3.63, 3.8) is 0 Å². The average molecular weight is 298 g/mol. The van der Waals surface area contributed by atoms with Crippen molar-refractivity contribution in [2.45, 2.75) is 44.1 Å². The highest BCUT2D eigenvalue weighted by Crippen LogP contribution is 2.23. The molecule has 0 aromatic heterocycles. The van der Waals surface area contributed by atoms with E-state index in [1.165, 1.54) is 0 Å². The lowest BCUT2D eigenvalue weighted by atomic mass is 10.1. The van der Waals surface area contributed by atoms with Gasteiger partial charge in [0.25, 0.3) is 0 Å². The van der Waals surface area contributed by atoms with E-state index >= 15 is 0 Å². The number of hydrogen-bond acceptors (Lipinski definition) is 4. The molecule has 1 fully saturated rings. The molecule has 1 aliphatic heterocycles. The highest BCUT2D eigenvalue weighted by atomic mass is 32.2. The molecule has 2 rings (SSSR count). The summed E-state index contributed by atoms with van der Waals surface area (Å²) in [7, 11) is -3.55. The minimum atomic E-state index is -3.55. The number of anilines is 1. The van der Waals surface area contributed by atoms with Gasteiger partial charge in [-0.3, -0.25) is 0 Å². The van der Waals surface area contributed by atoms with Crippen LogP contribution in [0.25, 0.3) is 0 Å². The van der Waals surface area contributed by atoms with E-state index in [-0.39, 0.29) is 11.0 Å². The third kappa shape index (κ3) is 3.50. The Kier molecular flexibility index (Phi) is 4.67. The number of benzene rings is 1. The van der Waals surface area contributed by atoms with Gasteiger partial charge in [-0.25, -0.2) is 13.1 Å². The van der Waals surface area contributed by atoms with Gasteiger partial charge in [-0.1, -0.05) is 0 Å². The molecule has 0 spiro atoms. The van der Waals surface area contributed by atoms with E-state index in [0.29, 0.717) is 24.4 Å². The smallest absolute Gasteiger partial charge is 0.241 e. The van der Waals surface area contributed by atoms with Gasteiger partial charge in [-0.2, -0.15) is 0 Å². The number of aryl methyl sites for hydroxylation is 1. The lowest BCUT2D eigenvalue weighted by molar-refractivity contribution is 0.0200. The highest BCUT2D eigenvalue weighted by molar-refractivity contribution is 7.89. The van der Waals surface area contributed by atoms with Gasteiger partial charge in [0.15, 0.2) is 0 Å². The second-order valence-corrected chi connectivity index (χ2v) is 7.05. The number of nitrogens with one attached hydrogen (secondary N) is 1. The van der Waals surface area contributed by atoms with Crippen molar-refractivity contribution in [2.24, 2.45) is 0 Å². The summed E-state index contributed by atoms with van der Waals surface area (Å²) in [5.74, 6) is 0. The van der Waals surface area contributed by atoms with Crippen LogP contribution in [0, 0.1) is 13.8 Å². The van der Waals surface area contributed by atoms with Gasteiger partial charge in [0.05, 0.1) is 11.0 Å². The average Bonchev–Trinajstić information content (AvgIpc) is 2.42. The van der Waals surface area contributed by atoms with Gasteiger partial charge in [-0.05, 0) is 56.4 Å². The monoisotopic (exact) mass is 298 g/mol. The molecule has 0 aliphatic carbocycles. The van der Waals surface area contributed by atoms with E-state index in [2.05, 4.69) is 4.72 Å². The predicted octanol–water partition coefficient (Wildman–Crippen LogP) is 1.73. The third-order valence-electron chi connectivity index (χ3n) is 3.61. The fourth-order valence-corrected chi connectivity index (χ4v) is 3.80. The molecule has 0 saturated carbocycles. The lowest BCUT2D eigenvalue weighted by Crippen LogP contribution is -2.35. The number of sulfonamides is 1. The fourth-order valence-electron chi connectivity index (χ4n) is 2.38. The topological polar surface area (TPSA) is 81.4 Å². The first-order valence-electron chi connectivity index (χ1n) is 6.88. The van der Waals surface area contributed by atoms with Crippen LogP contribution < -0.4 is 10.5 Å². The molecular weight excluding hydrogens is 276 g/mol. The first-order valence-corrected chi connectivity index (χ1v) is 8.36. The van der Waals surface area contributed by atoms with Crippen LogP contribution in [0.2, 0.25) is 0 Å². The predicted molar refractivity (Wildman–Crippen MR) is 79.1 cm³/mol. The summed E-state index contributed by atoms with van der Waals surface area (Å²) in [4.78, 5) is 0.255. The minimum Gasteiger partial charge on any atom is -0.398 e. The van der Waals surface area contributed by atoms with E-state index in [4.69, 9.17) is 10.5 Å². The van der Waals surface area contributed by atoms with Crippen LogP contribution in [0.5, 0.6) is 0 Å². The highest BCUT2D eigenvalue weighted by Gasteiger charge is 2.21. The molecule has 3 N–H and O–H groups in total. The summed E-state index contributed by atoms with van der Waals surface area (Å²) in [5, 5.41) is 0. The van der Waals surface area contributed by atoms with E-state index in [0.717, 1.165) is 24.8 Å². The maximum absolute atomic E-state index is 12.4. The third-order valence-corrected chi connectivity index (χ3v) is 5.16. The molecule has 112 valence electrons. The summed E-state index contributed by atoms with van der Waals surface area (Å²) >= 11 is 0. The molecule has 0 amide bonds. The molecule has 1 saturated heterocycles. The minimum absolute atomic E-state index is 0.0269. The van der Waals surface area contributed by atoms with E-state index in [9.17, 15) is 8.42 Å². The second kappa shape index (κ2) is 6.11. The van der Waals surface area contributed by atoms with Crippen molar-refractivity contribution < 1.29 is 13.2 Å². The van der Waals surface area contributed by atoms with Crippen molar-refractivity contribution >= 4 is 15.7 Å². The number of nitrogen functional groups attached to an aromatic ring is 1. The van der Waals surface area contributed by atoms with Crippen LogP contribution in [0.4, 0.5) is 5.69 Å². The van der Waals surface area contributed by atoms with Gasteiger partial charge in [0, 0.05) is 18.8 Å². The zero-order chi connectivity index (χ0) is 14.8. The van der Waals surface area contributed by atoms with E-state index < -0.39 is 10.0 Å². The molecule has 6 heteroatoms. The largest absolute Gasteiger partial charge is 0.398 e. The Morgan fingerprint density at radius 2 is 2.10 bits per heavy atom. The Bertz CT molecular complexity index is 578. The van der Waals surface area contributed by atoms with Crippen molar-refractivity contribution in [3.05, 3.63) is 23.3 Å². The van der Waals surface area contributed by atoms with Crippen molar-refractivity contribution in [2.75, 3.05) is 18.9 Å². The molecule has 20 heavy (non-hydrogen) atoms. The Balaban J connectivity index is 2.14. The summed E-state index contributed by atoms with van der Waals surface area (Å²) in [6.07, 6.45) is 3.01. The molecule has 1 atom stereocenters. The van der Waals surface area contributed by atoms with Gasteiger partial charge in [-0.15, -0.1) is 0 Å². The molecule has 1 aromatic rings. The molecule has 1 aromatic carbocycles. The summed E-state index contributed by atoms with van der Waals surface area (Å²) in [5.41, 5.74) is 7.77. The van der Waals surface area contributed by atoms with Crippen LogP contribution in [-0.4, -0.2) is 27.7 Å². The van der Waals surface area contributed by atoms with Gasteiger partial charge in [0.1, 0.15) is 0 Å². The van der Waals surface area contributed by atoms with Crippen molar-refractivity contribution in [3.8, 4) is 0 Å². The fraction of sp³-hybridized carbons (Fsp3) is 0.571. The van der Waals surface area contributed by atoms with Crippen LogP contribution in [0.3, 0.4) is 0 Å². The zero-order valence-electron chi connectivity index (χ0n) is 12.0. The number of rotatable bonds is 4. The molecule has 5 nitrogen and oxygen atoms in total. The maximum Gasteiger partial charge on any atom is 0.241 e. The molecule has 1 aliphatic rings. The van der Waals surface area contributed by atoms with Crippen molar-refractivity contribution in [1.29, 1.82) is 0 Å². The molecular formula is C14H22N2O3S. The van der Waals surface area contributed by atoms with Crippen LogP contribution >= 0.6 is 0 Å². The van der Waals surface area contributed by atoms with Gasteiger partial charge >= 0.3 is 0 Å². The standard InChI is InChI=1S/C14H22N2O3S/c1-10-7-13(15)11(2)14(8-10)20(17,18)16-9-12-5-3-4-6-19-12/h7-8,12,16H,3-6,9,15H2,1-2H3. The van der Waals surface area contributed by atoms with Crippen LogP contribution in [0.15, 0.2) is 17.0 Å². The first kappa shape index (κ1) is 15.3. The quantitative estimate of drug-likeness (QED) is 0.830. The lowest BCUT2D eigenvalue weighted by Gasteiger charge is -2.23. The Morgan fingerprint density at radius 1 is 1.35 bits per heavy atom. The number of hydrogen-bond donors (Lipinski definition) is 2. The van der Waals surface area contributed by atoms with Gasteiger partial charge < -0.3 is 10.5 Å². The number of ether oxygens (including phenoxy) is 1. The Labute approximate surface area is 120 Å². The SMILES string of the molecule is Cc1cc(N)c(C)c(S(=O)(=O)NCC2CCCCO2)c1. The van der Waals surface area contributed by atoms with E-state index in [1.54, 1.807) is 19.1 Å². The summed E-state index contributed by atoms with van der Waals surface area (Å²) in [6, 6.07) is 3.42. The van der Waals surface area contributed by atoms with E-state index in [1.807, 2.05) is 6.92 Å². The second-order valence-electron chi connectivity index (χ2n) is 5.32. The molecule has 0 radical (unpaired) electrons. The molecule has 1 unspecified atom stereocenters. The number of nitrogens with two attached hydrogens (primary N) is 1. The zero-order valence-corrected chi connectivity index (χ0v) is 12.8. The van der Waals surface area contributed by atoms with Crippen molar-refractivity contribution in [1.82, 2.24) is 4.72 Å². The Hall–Kier alpha value is -1.11. The maximum atomic E-state index is 12.4. The van der Waals surface area contributed by atoms with Crippen LogP contribution in [-0.2, 0) is 14.8 Å². The summed E-state index contributed by atoms with van der Waals surface area (Å²) in [6.45, 7) is 4.58. The van der Waals surface area contributed by atoms with Crippen LogP contribution in [0.1, 0.15) is 30.4 Å². The first-order chi connectivity index (χ1) is 9.40. The molecule has 1 heterocycles. The van der Waals surface area contributed by atoms with Gasteiger partial charge in [0.2, 0.25) is 10.0 Å². The Morgan fingerprint density at radius 3 is 2.75 bits per heavy atom. The summed E-state index contributed by atoms with van der Waals surface area (Å²) < 4.78 is 32.9. The molecule has 0 bridgehead atoms.